The van der Waals surface area contributed by atoms with Gasteiger partial charge in [0, 0.05) is 11.7 Å². The molecule has 0 aliphatic heterocycles. The molecule has 0 heterocycles. The number of nitrogens with zero attached hydrogens (tertiary/aromatic N) is 1. The summed E-state index contributed by atoms with van der Waals surface area (Å²) in [6.45, 7) is 8.06. The highest BCUT2D eigenvalue weighted by atomic mass is 14.9. The zero-order chi connectivity index (χ0) is 10.6. The van der Waals surface area contributed by atoms with Gasteiger partial charge in [-0.05, 0) is 31.5 Å². The number of nitriles is 1. The molecule has 0 saturated heterocycles. The molecule has 0 aromatic heterocycles. The highest BCUT2D eigenvalue weighted by Crippen LogP contribution is 2.11. The van der Waals surface area contributed by atoms with Gasteiger partial charge in [-0.15, -0.1) is 0 Å². The lowest BCUT2D eigenvalue weighted by atomic mass is 10.1. The normalized spacial score (nSPS) is 9.57. The van der Waals surface area contributed by atoms with E-state index < -0.39 is 0 Å². The number of hydrogen-bond acceptors (Lipinski definition) is 2. The van der Waals surface area contributed by atoms with Crippen LogP contribution in [0.2, 0.25) is 0 Å². The third-order valence-electron chi connectivity index (χ3n) is 1.83. The summed E-state index contributed by atoms with van der Waals surface area (Å²) in [5.41, 5.74) is 2.59. The van der Waals surface area contributed by atoms with Crippen molar-refractivity contribution in [2.75, 3.05) is 0 Å². The Kier molecular flexibility index (Phi) is 3.30. The van der Waals surface area contributed by atoms with Gasteiger partial charge in [0.1, 0.15) is 0 Å². The fraction of sp³-hybridized carbons (Fsp3) is 0.250. The Bertz CT molecular complexity index is 355. The van der Waals surface area contributed by atoms with Crippen molar-refractivity contribution in [3.05, 3.63) is 42.0 Å². The maximum absolute atomic E-state index is 8.62. The van der Waals surface area contributed by atoms with Crippen LogP contribution in [-0.2, 0) is 0 Å². The fourth-order valence-electron chi connectivity index (χ4n) is 1.18. The molecule has 2 heteroatoms. The number of nitrogens with one attached hydrogen (secondary N) is 1. The minimum atomic E-state index is 0.373. The Morgan fingerprint density at radius 2 is 1.93 bits per heavy atom. The van der Waals surface area contributed by atoms with Crippen molar-refractivity contribution >= 4 is 5.70 Å². The van der Waals surface area contributed by atoms with Crippen molar-refractivity contribution in [1.29, 1.82) is 5.26 Å². The van der Waals surface area contributed by atoms with Gasteiger partial charge in [-0.1, -0.05) is 18.7 Å². The fourth-order valence-corrected chi connectivity index (χ4v) is 1.18. The van der Waals surface area contributed by atoms with Gasteiger partial charge in [-0.25, -0.2) is 0 Å². The molecule has 1 aromatic carbocycles. The molecule has 0 amide bonds. The second-order valence-corrected chi connectivity index (χ2v) is 3.47. The summed E-state index contributed by atoms with van der Waals surface area (Å²) >= 11 is 0. The third kappa shape index (κ3) is 2.63. The summed E-state index contributed by atoms with van der Waals surface area (Å²) in [6.07, 6.45) is 0. The topological polar surface area (TPSA) is 35.8 Å². The second-order valence-electron chi connectivity index (χ2n) is 3.47. The van der Waals surface area contributed by atoms with Gasteiger partial charge in [0.15, 0.2) is 0 Å². The summed E-state index contributed by atoms with van der Waals surface area (Å²) in [5, 5.41) is 11.8. The van der Waals surface area contributed by atoms with Crippen molar-refractivity contribution in [2.45, 2.75) is 19.9 Å². The van der Waals surface area contributed by atoms with Gasteiger partial charge in [0.05, 0.1) is 11.6 Å². The molecule has 0 aliphatic carbocycles. The lowest BCUT2D eigenvalue weighted by Gasteiger charge is -2.12. The lowest BCUT2D eigenvalue weighted by molar-refractivity contribution is 0.718. The Hall–Kier alpha value is -1.75. The predicted octanol–water partition coefficient (Wildman–Crippen LogP) is 2.53. The molecule has 1 rings (SSSR count). The summed E-state index contributed by atoms with van der Waals surface area (Å²) in [7, 11) is 0. The molecule has 0 aliphatic rings. The first kappa shape index (κ1) is 10.3. The first-order valence-corrected chi connectivity index (χ1v) is 4.59. The zero-order valence-corrected chi connectivity index (χ0v) is 8.54. The molecule has 1 N–H and O–H groups in total. The molecule has 0 spiro atoms. The number of rotatable bonds is 3. The van der Waals surface area contributed by atoms with Crippen LogP contribution in [0.3, 0.4) is 0 Å². The van der Waals surface area contributed by atoms with Crippen molar-refractivity contribution in [1.82, 2.24) is 5.32 Å². The van der Waals surface area contributed by atoms with E-state index >= 15 is 0 Å². The summed E-state index contributed by atoms with van der Waals surface area (Å²) < 4.78 is 0. The summed E-state index contributed by atoms with van der Waals surface area (Å²) in [4.78, 5) is 0. The molecule has 0 saturated carbocycles. The van der Waals surface area contributed by atoms with Crippen LogP contribution in [0.5, 0.6) is 0 Å². The van der Waals surface area contributed by atoms with E-state index in [0.717, 1.165) is 11.3 Å². The van der Waals surface area contributed by atoms with E-state index in [1.54, 1.807) is 12.1 Å². The largest absolute Gasteiger partial charge is 0.383 e. The summed E-state index contributed by atoms with van der Waals surface area (Å²) in [6, 6.07) is 9.84. The van der Waals surface area contributed by atoms with Crippen LogP contribution in [0.1, 0.15) is 25.0 Å². The molecule has 72 valence electrons. The molecule has 0 bridgehead atoms. The van der Waals surface area contributed by atoms with E-state index in [2.05, 4.69) is 31.8 Å². The van der Waals surface area contributed by atoms with E-state index in [1.165, 1.54) is 0 Å². The molecule has 14 heavy (non-hydrogen) atoms. The van der Waals surface area contributed by atoms with E-state index in [0.29, 0.717) is 11.6 Å². The van der Waals surface area contributed by atoms with E-state index in [4.69, 9.17) is 5.26 Å². The monoisotopic (exact) mass is 186 g/mol. The first-order chi connectivity index (χ1) is 6.63. The first-order valence-electron chi connectivity index (χ1n) is 4.59. The molecule has 0 radical (unpaired) electrons. The van der Waals surface area contributed by atoms with E-state index in [1.807, 2.05) is 12.1 Å². The van der Waals surface area contributed by atoms with Gasteiger partial charge in [0.2, 0.25) is 0 Å². The second kappa shape index (κ2) is 4.48. The van der Waals surface area contributed by atoms with Gasteiger partial charge in [0.25, 0.3) is 0 Å². The van der Waals surface area contributed by atoms with Crippen LogP contribution in [0.25, 0.3) is 5.70 Å². The van der Waals surface area contributed by atoms with Crippen LogP contribution in [0.15, 0.2) is 30.8 Å². The van der Waals surface area contributed by atoms with Gasteiger partial charge >= 0.3 is 0 Å². The SMILES string of the molecule is C=C(NC(C)C)c1ccc(C#N)cc1. The maximum atomic E-state index is 8.62. The van der Waals surface area contributed by atoms with Crippen LogP contribution < -0.4 is 5.32 Å². The van der Waals surface area contributed by atoms with Crippen molar-refractivity contribution in [3.8, 4) is 6.07 Å². The highest BCUT2D eigenvalue weighted by Gasteiger charge is 1.99. The number of hydrogen-bond donors (Lipinski definition) is 1. The van der Waals surface area contributed by atoms with E-state index in [-0.39, 0.29) is 0 Å². The van der Waals surface area contributed by atoms with E-state index in [9.17, 15) is 0 Å². The van der Waals surface area contributed by atoms with Crippen LogP contribution in [0, 0.1) is 11.3 Å². The average Bonchev–Trinajstić information content (AvgIpc) is 2.17. The Labute approximate surface area is 84.9 Å². The van der Waals surface area contributed by atoms with Crippen molar-refractivity contribution in [3.63, 3.8) is 0 Å². The van der Waals surface area contributed by atoms with Gasteiger partial charge in [-0.3, -0.25) is 0 Å². The maximum Gasteiger partial charge on any atom is 0.0991 e. The zero-order valence-electron chi connectivity index (χ0n) is 8.54. The van der Waals surface area contributed by atoms with Crippen LogP contribution in [0.4, 0.5) is 0 Å². The Balaban J connectivity index is 2.78. The number of benzene rings is 1. The molecular formula is C12H14N2. The highest BCUT2D eigenvalue weighted by molar-refractivity contribution is 5.62. The minimum Gasteiger partial charge on any atom is -0.383 e. The Morgan fingerprint density at radius 3 is 2.36 bits per heavy atom. The van der Waals surface area contributed by atoms with Crippen molar-refractivity contribution in [2.24, 2.45) is 0 Å². The lowest BCUT2D eigenvalue weighted by Crippen LogP contribution is -2.20. The molecule has 0 unspecified atom stereocenters. The van der Waals surface area contributed by atoms with Gasteiger partial charge in [-0.2, -0.15) is 5.26 Å². The Morgan fingerprint density at radius 1 is 1.36 bits per heavy atom. The van der Waals surface area contributed by atoms with Crippen LogP contribution >= 0.6 is 0 Å². The third-order valence-corrected chi connectivity index (χ3v) is 1.83. The standard InChI is InChI=1S/C12H14N2/c1-9(2)14-10(3)12-6-4-11(8-13)5-7-12/h4-7,9,14H,3H2,1-2H3. The predicted molar refractivity (Wildman–Crippen MR) is 58.5 cm³/mol. The quantitative estimate of drug-likeness (QED) is 0.787. The molecule has 2 nitrogen and oxygen atoms in total. The average molecular weight is 186 g/mol. The molecule has 0 fully saturated rings. The van der Waals surface area contributed by atoms with Crippen LogP contribution in [-0.4, -0.2) is 6.04 Å². The van der Waals surface area contributed by atoms with Crippen molar-refractivity contribution < 1.29 is 0 Å². The molecule has 1 aromatic rings. The molecule has 0 atom stereocenters. The smallest absolute Gasteiger partial charge is 0.0991 e. The summed E-state index contributed by atoms with van der Waals surface area (Å²) in [5.74, 6) is 0. The van der Waals surface area contributed by atoms with Gasteiger partial charge < -0.3 is 5.32 Å². The minimum absolute atomic E-state index is 0.373. The molecular weight excluding hydrogens is 172 g/mol.